The minimum absolute atomic E-state index is 0.118. The molecule has 0 spiro atoms. The molecule has 1 saturated heterocycles. The van der Waals surface area contributed by atoms with Crippen LogP contribution in [0.25, 0.3) is 10.9 Å². The van der Waals surface area contributed by atoms with Gasteiger partial charge in [-0.05, 0) is 73.0 Å². The maximum absolute atomic E-state index is 13.0. The summed E-state index contributed by atoms with van der Waals surface area (Å²) in [6.45, 7) is 15.2. The summed E-state index contributed by atoms with van der Waals surface area (Å²) in [4.78, 5) is 25.5. The molecule has 1 aliphatic heterocycles. The Morgan fingerprint density at radius 3 is 2.20 bits per heavy atom. The van der Waals surface area contributed by atoms with E-state index in [9.17, 15) is 9.59 Å². The van der Waals surface area contributed by atoms with Crippen molar-refractivity contribution in [2.24, 2.45) is 0 Å². The number of carbonyl (C=O) groups excluding carboxylic acids is 2. The maximum atomic E-state index is 13.0. The van der Waals surface area contributed by atoms with Crippen LogP contribution in [-0.2, 0) is 18.8 Å². The predicted octanol–water partition coefficient (Wildman–Crippen LogP) is 3.90. The Balaban J connectivity index is 2.10. The predicted molar refractivity (Wildman–Crippen MR) is 115 cm³/mol. The molecule has 2 aromatic rings. The molecular weight excluding hydrogens is 385 g/mol. The second-order valence-corrected chi connectivity index (χ2v) is 9.47. The van der Waals surface area contributed by atoms with E-state index >= 15 is 0 Å². The molecule has 0 N–H and O–H groups in total. The minimum Gasteiger partial charge on any atom is -0.461 e. The van der Waals surface area contributed by atoms with Crippen LogP contribution in [0, 0.1) is 0 Å². The number of carbonyl (C=O) groups is 2. The van der Waals surface area contributed by atoms with E-state index in [1.54, 1.807) is 39.8 Å². The molecule has 2 heterocycles. The van der Waals surface area contributed by atoms with Crippen LogP contribution >= 0.6 is 0 Å². The van der Waals surface area contributed by atoms with Gasteiger partial charge in [0.15, 0.2) is 0 Å². The highest BCUT2D eigenvalue weighted by atomic mass is 16.7. The molecule has 0 bridgehead atoms. The van der Waals surface area contributed by atoms with E-state index in [1.165, 1.54) is 4.57 Å². The van der Waals surface area contributed by atoms with Gasteiger partial charge in [-0.1, -0.05) is 12.1 Å². The fourth-order valence-electron chi connectivity index (χ4n) is 3.20. The van der Waals surface area contributed by atoms with E-state index in [4.69, 9.17) is 18.8 Å². The summed E-state index contributed by atoms with van der Waals surface area (Å²) >= 11 is 0. The Hall–Kier alpha value is -2.32. The number of hydrogen-bond acceptors (Lipinski definition) is 6. The molecule has 0 unspecified atom stereocenters. The fourth-order valence-corrected chi connectivity index (χ4v) is 3.20. The largest absolute Gasteiger partial charge is 0.494 e. The second-order valence-electron chi connectivity index (χ2n) is 9.47. The molecule has 8 heteroatoms. The zero-order valence-electron chi connectivity index (χ0n) is 19.0. The Kier molecular flexibility index (Phi) is 5.54. The van der Waals surface area contributed by atoms with E-state index < -0.39 is 36.0 Å². The van der Waals surface area contributed by atoms with Crippen molar-refractivity contribution in [2.75, 3.05) is 6.61 Å². The zero-order chi connectivity index (χ0) is 22.5. The van der Waals surface area contributed by atoms with Crippen LogP contribution in [0.1, 0.15) is 65.9 Å². The molecule has 30 heavy (non-hydrogen) atoms. The molecule has 162 valence electrons. The minimum atomic E-state index is -0.719. The number of ether oxygens (including phenoxy) is 2. The summed E-state index contributed by atoms with van der Waals surface area (Å²) in [5.41, 5.74) is -0.305. The van der Waals surface area contributed by atoms with Crippen molar-refractivity contribution in [1.29, 1.82) is 0 Å². The van der Waals surface area contributed by atoms with Gasteiger partial charge in [0, 0.05) is 5.39 Å². The summed E-state index contributed by atoms with van der Waals surface area (Å²) in [6.07, 6.45) is -0.647. The molecule has 1 aromatic heterocycles. The van der Waals surface area contributed by atoms with Gasteiger partial charge in [0.1, 0.15) is 11.3 Å². The van der Waals surface area contributed by atoms with Crippen molar-refractivity contribution in [3.63, 3.8) is 0 Å². The Labute approximate surface area is 177 Å². The average Bonchev–Trinajstić information content (AvgIpc) is 3.07. The molecule has 1 fully saturated rings. The summed E-state index contributed by atoms with van der Waals surface area (Å²) in [7, 11) is -0.590. The van der Waals surface area contributed by atoms with E-state index in [2.05, 4.69) is 0 Å². The van der Waals surface area contributed by atoms with Crippen molar-refractivity contribution < 1.29 is 28.4 Å². The van der Waals surface area contributed by atoms with Gasteiger partial charge in [0.2, 0.25) is 0 Å². The third-order valence-electron chi connectivity index (χ3n) is 5.41. The van der Waals surface area contributed by atoms with Crippen LogP contribution in [0.5, 0.6) is 0 Å². The van der Waals surface area contributed by atoms with Crippen LogP contribution in [0.3, 0.4) is 0 Å². The first kappa shape index (κ1) is 22.4. The quantitative estimate of drug-likeness (QED) is 0.559. The van der Waals surface area contributed by atoms with Crippen molar-refractivity contribution >= 4 is 35.5 Å². The number of hydrogen-bond donors (Lipinski definition) is 0. The number of rotatable bonds is 3. The SMILES string of the molecule is CCOC(=O)c1cc2ccc(B3OC(C)(C)C(C)(C)O3)cc2n1C(=O)OC(C)(C)C. The molecule has 0 saturated carbocycles. The maximum Gasteiger partial charge on any atom is 0.494 e. The number of esters is 1. The van der Waals surface area contributed by atoms with E-state index in [0.717, 1.165) is 5.46 Å². The van der Waals surface area contributed by atoms with Gasteiger partial charge < -0.3 is 18.8 Å². The summed E-state index contributed by atoms with van der Waals surface area (Å²) in [5, 5.41) is 0.712. The van der Waals surface area contributed by atoms with Gasteiger partial charge in [0.25, 0.3) is 0 Å². The number of fused-ring (bicyclic) bond motifs is 1. The number of aromatic nitrogens is 1. The molecule has 0 amide bonds. The van der Waals surface area contributed by atoms with Gasteiger partial charge >= 0.3 is 19.2 Å². The highest BCUT2D eigenvalue weighted by Gasteiger charge is 2.51. The highest BCUT2D eigenvalue weighted by molar-refractivity contribution is 6.62. The number of benzene rings is 1. The van der Waals surface area contributed by atoms with Crippen LogP contribution in [0.4, 0.5) is 4.79 Å². The van der Waals surface area contributed by atoms with Crippen LogP contribution in [-0.4, -0.2) is 47.2 Å². The van der Waals surface area contributed by atoms with Crippen molar-refractivity contribution in [1.82, 2.24) is 4.57 Å². The van der Waals surface area contributed by atoms with Gasteiger partial charge in [-0.15, -0.1) is 0 Å². The molecule has 0 atom stereocenters. The first-order chi connectivity index (χ1) is 13.8. The Morgan fingerprint density at radius 1 is 1.07 bits per heavy atom. The van der Waals surface area contributed by atoms with Crippen LogP contribution in [0.15, 0.2) is 24.3 Å². The van der Waals surface area contributed by atoms with Gasteiger partial charge in [-0.2, -0.15) is 0 Å². The highest BCUT2D eigenvalue weighted by Crippen LogP contribution is 2.36. The first-order valence-corrected chi connectivity index (χ1v) is 10.2. The van der Waals surface area contributed by atoms with E-state index in [1.807, 2.05) is 39.8 Å². The van der Waals surface area contributed by atoms with E-state index in [-0.39, 0.29) is 12.3 Å². The third-order valence-corrected chi connectivity index (χ3v) is 5.41. The lowest BCUT2D eigenvalue weighted by molar-refractivity contribution is 0.00578. The summed E-state index contributed by atoms with van der Waals surface area (Å²) in [5.74, 6) is -0.586. The fraction of sp³-hybridized carbons (Fsp3) is 0.545. The molecule has 3 rings (SSSR count). The lowest BCUT2D eigenvalue weighted by Gasteiger charge is -2.32. The number of nitrogens with zero attached hydrogens (tertiary/aromatic N) is 1. The molecule has 7 nitrogen and oxygen atoms in total. The lowest BCUT2D eigenvalue weighted by atomic mass is 9.79. The van der Waals surface area contributed by atoms with Gasteiger partial charge in [-0.25, -0.2) is 14.2 Å². The normalized spacial score (nSPS) is 17.9. The van der Waals surface area contributed by atoms with Gasteiger partial charge in [-0.3, -0.25) is 0 Å². The zero-order valence-corrected chi connectivity index (χ0v) is 19.0. The topological polar surface area (TPSA) is 76.0 Å². The monoisotopic (exact) mass is 415 g/mol. The Bertz CT molecular complexity index is 969. The lowest BCUT2D eigenvalue weighted by Crippen LogP contribution is -2.41. The Morgan fingerprint density at radius 2 is 1.67 bits per heavy atom. The van der Waals surface area contributed by atoms with Crippen molar-refractivity contribution in [3.05, 3.63) is 30.0 Å². The molecule has 1 aliphatic rings. The first-order valence-electron chi connectivity index (χ1n) is 10.2. The summed E-state index contributed by atoms with van der Waals surface area (Å²) in [6, 6.07) is 7.13. The van der Waals surface area contributed by atoms with Crippen molar-refractivity contribution in [3.8, 4) is 0 Å². The van der Waals surface area contributed by atoms with Gasteiger partial charge in [0.05, 0.1) is 23.3 Å². The summed E-state index contributed by atoms with van der Waals surface area (Å²) < 4.78 is 24.2. The molecular formula is C22H30BNO6. The smallest absolute Gasteiger partial charge is 0.461 e. The molecule has 1 aromatic carbocycles. The second kappa shape index (κ2) is 7.43. The van der Waals surface area contributed by atoms with Crippen LogP contribution in [0.2, 0.25) is 0 Å². The average molecular weight is 415 g/mol. The standard InChI is InChI=1S/C22H30BNO6/c1-9-27-18(25)17-12-14-10-11-15(23-29-21(5,6)22(7,8)30-23)13-16(14)24(17)19(26)28-20(2,3)4/h10-13H,9H2,1-8H3. The third kappa shape index (κ3) is 4.11. The van der Waals surface area contributed by atoms with E-state index in [0.29, 0.717) is 10.9 Å². The molecule has 0 radical (unpaired) electrons. The molecule has 0 aliphatic carbocycles. The van der Waals surface area contributed by atoms with Crippen LogP contribution < -0.4 is 5.46 Å². The van der Waals surface area contributed by atoms with Crippen molar-refractivity contribution in [2.45, 2.75) is 72.2 Å².